The first-order valence-electron chi connectivity index (χ1n) is 5.67. The predicted molar refractivity (Wildman–Crippen MR) is 62.5 cm³/mol. The van der Waals surface area contributed by atoms with E-state index in [4.69, 9.17) is 0 Å². The van der Waals surface area contributed by atoms with Crippen LogP contribution in [0.15, 0.2) is 24.3 Å². The molecule has 1 saturated heterocycles. The van der Waals surface area contributed by atoms with Crippen molar-refractivity contribution in [3.8, 4) is 0 Å². The molecule has 1 N–H and O–H groups in total. The van der Waals surface area contributed by atoms with E-state index in [-0.39, 0.29) is 5.97 Å². The number of esters is 1. The van der Waals surface area contributed by atoms with Crippen LogP contribution in [0.2, 0.25) is 0 Å². The van der Waals surface area contributed by atoms with Gasteiger partial charge in [0.15, 0.2) is 0 Å². The van der Waals surface area contributed by atoms with Crippen molar-refractivity contribution < 1.29 is 9.53 Å². The van der Waals surface area contributed by atoms with E-state index in [0.717, 1.165) is 25.4 Å². The smallest absolute Gasteiger partial charge is 0.337 e. The molecule has 0 spiro atoms. The SMILES string of the molecule is COC(=O)c1ccc(CC2CCNC2)cc1. The summed E-state index contributed by atoms with van der Waals surface area (Å²) >= 11 is 0. The zero-order valence-electron chi connectivity index (χ0n) is 9.53. The summed E-state index contributed by atoms with van der Waals surface area (Å²) < 4.78 is 4.66. The third-order valence-corrected chi connectivity index (χ3v) is 3.06. The van der Waals surface area contributed by atoms with Crippen LogP contribution in [0.5, 0.6) is 0 Å². The molecule has 86 valence electrons. The number of hydrogen-bond donors (Lipinski definition) is 1. The molecule has 1 aromatic rings. The van der Waals surface area contributed by atoms with Gasteiger partial charge in [0.05, 0.1) is 12.7 Å². The normalized spacial score (nSPS) is 19.7. The van der Waals surface area contributed by atoms with Crippen LogP contribution in [0.1, 0.15) is 22.3 Å². The quantitative estimate of drug-likeness (QED) is 0.785. The van der Waals surface area contributed by atoms with Crippen LogP contribution in [0, 0.1) is 5.92 Å². The lowest BCUT2D eigenvalue weighted by molar-refractivity contribution is 0.0600. The lowest BCUT2D eigenvalue weighted by Crippen LogP contribution is -2.10. The Bertz CT molecular complexity index is 353. The second-order valence-corrected chi connectivity index (χ2v) is 4.25. The van der Waals surface area contributed by atoms with Crippen LogP contribution in [0.25, 0.3) is 0 Å². The average Bonchev–Trinajstić information content (AvgIpc) is 2.82. The molecule has 0 radical (unpaired) electrons. The first kappa shape index (κ1) is 11.1. The van der Waals surface area contributed by atoms with Gasteiger partial charge in [-0.15, -0.1) is 0 Å². The Kier molecular flexibility index (Phi) is 3.57. The average molecular weight is 219 g/mol. The zero-order valence-corrected chi connectivity index (χ0v) is 9.53. The molecule has 0 aromatic heterocycles. The van der Waals surface area contributed by atoms with Crippen molar-refractivity contribution in [3.05, 3.63) is 35.4 Å². The number of rotatable bonds is 3. The van der Waals surface area contributed by atoms with Crippen LogP contribution in [-0.2, 0) is 11.2 Å². The van der Waals surface area contributed by atoms with E-state index in [0.29, 0.717) is 5.56 Å². The summed E-state index contributed by atoms with van der Waals surface area (Å²) in [6.07, 6.45) is 2.34. The Morgan fingerprint density at radius 1 is 1.44 bits per heavy atom. The molecular formula is C13H17NO2. The van der Waals surface area contributed by atoms with Crippen molar-refractivity contribution >= 4 is 5.97 Å². The molecule has 1 aromatic carbocycles. The van der Waals surface area contributed by atoms with Gasteiger partial charge in [0.1, 0.15) is 0 Å². The van der Waals surface area contributed by atoms with Gasteiger partial charge in [0, 0.05) is 0 Å². The summed E-state index contributed by atoms with van der Waals surface area (Å²) in [5.74, 6) is 0.470. The summed E-state index contributed by atoms with van der Waals surface area (Å²) in [5, 5.41) is 3.36. The molecule has 0 saturated carbocycles. The van der Waals surface area contributed by atoms with Gasteiger partial charge in [-0.2, -0.15) is 0 Å². The molecule has 0 bridgehead atoms. The van der Waals surface area contributed by atoms with Gasteiger partial charge in [-0.25, -0.2) is 4.79 Å². The van der Waals surface area contributed by atoms with Gasteiger partial charge < -0.3 is 10.1 Å². The van der Waals surface area contributed by atoms with Crippen molar-refractivity contribution in [2.45, 2.75) is 12.8 Å². The molecule has 1 aliphatic rings. The number of methoxy groups -OCH3 is 1. The molecular weight excluding hydrogens is 202 g/mol. The van der Waals surface area contributed by atoms with Crippen molar-refractivity contribution in [1.29, 1.82) is 0 Å². The van der Waals surface area contributed by atoms with E-state index in [1.165, 1.54) is 19.1 Å². The Morgan fingerprint density at radius 3 is 2.75 bits per heavy atom. The molecule has 1 fully saturated rings. The molecule has 2 rings (SSSR count). The van der Waals surface area contributed by atoms with Crippen LogP contribution < -0.4 is 5.32 Å². The second kappa shape index (κ2) is 5.12. The maximum absolute atomic E-state index is 11.2. The number of ether oxygens (including phenoxy) is 1. The minimum atomic E-state index is -0.269. The van der Waals surface area contributed by atoms with Gasteiger partial charge in [0.2, 0.25) is 0 Å². The Labute approximate surface area is 95.8 Å². The minimum absolute atomic E-state index is 0.269. The van der Waals surface area contributed by atoms with Crippen molar-refractivity contribution in [2.75, 3.05) is 20.2 Å². The Balaban J connectivity index is 1.98. The highest BCUT2D eigenvalue weighted by molar-refractivity contribution is 5.89. The molecule has 3 heteroatoms. The van der Waals surface area contributed by atoms with E-state index in [2.05, 4.69) is 10.1 Å². The molecule has 16 heavy (non-hydrogen) atoms. The highest BCUT2D eigenvalue weighted by atomic mass is 16.5. The highest BCUT2D eigenvalue weighted by Crippen LogP contribution is 2.15. The van der Waals surface area contributed by atoms with Gasteiger partial charge in [-0.05, 0) is 49.5 Å². The maximum atomic E-state index is 11.2. The summed E-state index contributed by atoms with van der Waals surface area (Å²) in [6, 6.07) is 7.71. The Morgan fingerprint density at radius 2 is 2.19 bits per heavy atom. The van der Waals surface area contributed by atoms with E-state index in [1.807, 2.05) is 24.3 Å². The van der Waals surface area contributed by atoms with E-state index >= 15 is 0 Å². The van der Waals surface area contributed by atoms with Gasteiger partial charge in [-0.3, -0.25) is 0 Å². The summed E-state index contributed by atoms with van der Waals surface area (Å²) in [6.45, 7) is 2.24. The van der Waals surface area contributed by atoms with Crippen molar-refractivity contribution in [1.82, 2.24) is 5.32 Å². The molecule has 0 aliphatic carbocycles. The van der Waals surface area contributed by atoms with Crippen LogP contribution in [-0.4, -0.2) is 26.2 Å². The van der Waals surface area contributed by atoms with Crippen LogP contribution in [0.3, 0.4) is 0 Å². The van der Waals surface area contributed by atoms with E-state index < -0.39 is 0 Å². The molecule has 1 heterocycles. The standard InChI is InChI=1S/C13H17NO2/c1-16-13(15)12-4-2-10(3-5-12)8-11-6-7-14-9-11/h2-5,11,14H,6-9H2,1H3. The minimum Gasteiger partial charge on any atom is -0.465 e. The monoisotopic (exact) mass is 219 g/mol. The maximum Gasteiger partial charge on any atom is 0.337 e. The molecule has 3 nitrogen and oxygen atoms in total. The van der Waals surface area contributed by atoms with Gasteiger partial charge >= 0.3 is 5.97 Å². The largest absolute Gasteiger partial charge is 0.465 e. The first-order chi connectivity index (χ1) is 7.79. The summed E-state index contributed by atoms with van der Waals surface area (Å²) in [7, 11) is 1.40. The highest BCUT2D eigenvalue weighted by Gasteiger charge is 2.14. The fourth-order valence-corrected chi connectivity index (χ4v) is 2.12. The van der Waals surface area contributed by atoms with Crippen LogP contribution in [0.4, 0.5) is 0 Å². The van der Waals surface area contributed by atoms with Gasteiger partial charge in [-0.1, -0.05) is 12.1 Å². The Hall–Kier alpha value is -1.35. The van der Waals surface area contributed by atoms with Crippen molar-refractivity contribution in [3.63, 3.8) is 0 Å². The van der Waals surface area contributed by atoms with Crippen LogP contribution >= 0.6 is 0 Å². The topological polar surface area (TPSA) is 38.3 Å². The van der Waals surface area contributed by atoms with Gasteiger partial charge in [0.25, 0.3) is 0 Å². The fraction of sp³-hybridized carbons (Fsp3) is 0.462. The molecule has 1 unspecified atom stereocenters. The third kappa shape index (κ3) is 2.61. The molecule has 0 amide bonds. The van der Waals surface area contributed by atoms with Crippen molar-refractivity contribution in [2.24, 2.45) is 5.92 Å². The number of nitrogens with one attached hydrogen (secondary N) is 1. The number of benzene rings is 1. The number of carbonyl (C=O) groups is 1. The molecule has 1 aliphatic heterocycles. The first-order valence-corrected chi connectivity index (χ1v) is 5.67. The number of hydrogen-bond acceptors (Lipinski definition) is 3. The third-order valence-electron chi connectivity index (χ3n) is 3.06. The number of carbonyl (C=O) groups excluding carboxylic acids is 1. The lowest BCUT2D eigenvalue weighted by Gasteiger charge is -2.08. The predicted octanol–water partition coefficient (Wildman–Crippen LogP) is 1.63. The lowest BCUT2D eigenvalue weighted by atomic mass is 9.98. The van der Waals surface area contributed by atoms with E-state index in [9.17, 15) is 4.79 Å². The zero-order chi connectivity index (χ0) is 11.4. The molecule has 1 atom stereocenters. The summed E-state index contributed by atoms with van der Waals surface area (Å²) in [5.41, 5.74) is 1.91. The fourth-order valence-electron chi connectivity index (χ4n) is 2.12. The second-order valence-electron chi connectivity index (χ2n) is 4.25. The van der Waals surface area contributed by atoms with E-state index in [1.54, 1.807) is 0 Å². The summed E-state index contributed by atoms with van der Waals surface area (Å²) in [4.78, 5) is 11.2.